The molecule has 1 unspecified atom stereocenters. The fourth-order valence-electron chi connectivity index (χ4n) is 1.80. The van der Waals surface area contributed by atoms with E-state index in [1.807, 2.05) is 0 Å². The number of carbonyl (C=O) groups is 1. The molecule has 0 bridgehead atoms. The number of benzene rings is 1. The summed E-state index contributed by atoms with van der Waals surface area (Å²) in [5.74, 6) is -0.603. The van der Waals surface area contributed by atoms with Gasteiger partial charge >= 0.3 is 0 Å². The number of ether oxygens (including phenoxy) is 1. The molecule has 2 rings (SSSR count). The van der Waals surface area contributed by atoms with Gasteiger partial charge in [-0.05, 0) is 0 Å². The van der Waals surface area contributed by atoms with Crippen molar-refractivity contribution in [1.29, 1.82) is 0 Å². The predicted octanol–water partition coefficient (Wildman–Crippen LogP) is 1.10. The van der Waals surface area contributed by atoms with Crippen molar-refractivity contribution < 1.29 is 17.9 Å². The molecule has 1 aliphatic rings. The maximum Gasteiger partial charge on any atom is 0.238 e. The van der Waals surface area contributed by atoms with Gasteiger partial charge in [-0.25, -0.2) is 8.42 Å². The number of Topliss-reactive ketones (excluding diaryl/α,β-unsaturated/α-hetero) is 1. The second-order valence-electron chi connectivity index (χ2n) is 4.10. The number of morpholine rings is 1. The van der Waals surface area contributed by atoms with Crippen LogP contribution in [0.2, 0.25) is 0 Å². The molecule has 1 aliphatic heterocycles. The zero-order valence-electron chi connectivity index (χ0n) is 10.2. The summed E-state index contributed by atoms with van der Waals surface area (Å²) < 4.78 is 29.1. The van der Waals surface area contributed by atoms with Gasteiger partial charge in [0.15, 0.2) is 5.78 Å². The second-order valence-corrected chi connectivity index (χ2v) is 6.82. The van der Waals surface area contributed by atoms with E-state index in [9.17, 15) is 13.2 Å². The lowest BCUT2D eigenvalue weighted by atomic mass is 10.1. The second kappa shape index (κ2) is 6.00. The van der Waals surface area contributed by atoms with Crippen LogP contribution in [0.1, 0.15) is 10.4 Å². The maximum atomic E-state index is 12.2. The summed E-state index contributed by atoms with van der Waals surface area (Å²) in [5.41, 5.74) is 0.291. The molecule has 1 aromatic rings. The average Bonchev–Trinajstić information content (AvgIpc) is 2.47. The van der Waals surface area contributed by atoms with Crippen molar-refractivity contribution in [2.24, 2.45) is 0 Å². The summed E-state index contributed by atoms with van der Waals surface area (Å²) in [7, 11) is -3.84. The zero-order chi connectivity index (χ0) is 13.9. The van der Waals surface area contributed by atoms with E-state index in [1.165, 1.54) is 4.31 Å². The Labute approximate surface area is 117 Å². The Hall–Kier alpha value is -0.950. The van der Waals surface area contributed by atoms with Gasteiger partial charge in [0, 0.05) is 18.7 Å². The monoisotopic (exact) mass is 303 g/mol. The van der Waals surface area contributed by atoms with Gasteiger partial charge in [0.2, 0.25) is 14.7 Å². The molecule has 0 spiro atoms. The smallest absolute Gasteiger partial charge is 0.238 e. The summed E-state index contributed by atoms with van der Waals surface area (Å²) in [5, 5.41) is 0. The number of hydrogen-bond acceptors (Lipinski definition) is 4. The molecule has 0 amide bonds. The van der Waals surface area contributed by atoms with Crippen molar-refractivity contribution in [2.45, 2.75) is 4.71 Å². The van der Waals surface area contributed by atoms with E-state index in [0.717, 1.165) is 0 Å². The molecule has 0 saturated carbocycles. The van der Waals surface area contributed by atoms with Gasteiger partial charge in [-0.1, -0.05) is 41.9 Å². The van der Waals surface area contributed by atoms with Crippen LogP contribution in [0.4, 0.5) is 0 Å². The first-order valence-corrected chi connectivity index (χ1v) is 7.77. The third-order valence-electron chi connectivity index (χ3n) is 2.86. The van der Waals surface area contributed by atoms with Crippen molar-refractivity contribution in [2.75, 3.05) is 26.3 Å². The normalized spacial score (nSPS) is 19.0. The fourth-order valence-corrected chi connectivity index (χ4v) is 3.59. The third-order valence-corrected chi connectivity index (χ3v) is 5.55. The minimum Gasteiger partial charge on any atom is -0.379 e. The fraction of sp³-hybridized carbons (Fsp3) is 0.417. The largest absolute Gasteiger partial charge is 0.379 e. The standard InChI is InChI=1S/C12H14ClNO4S/c13-12(11(15)10-4-2-1-3-5-10)19(16,17)14-6-8-18-9-7-14/h1-5,12H,6-9H2. The molecule has 0 aromatic heterocycles. The van der Waals surface area contributed by atoms with E-state index in [2.05, 4.69) is 0 Å². The number of nitrogens with zero attached hydrogens (tertiary/aromatic N) is 1. The van der Waals surface area contributed by atoms with Crippen LogP contribution in [-0.4, -0.2) is 49.5 Å². The van der Waals surface area contributed by atoms with E-state index < -0.39 is 20.5 Å². The number of alkyl halides is 1. The van der Waals surface area contributed by atoms with Gasteiger partial charge in [-0.15, -0.1) is 0 Å². The van der Waals surface area contributed by atoms with Crippen LogP contribution in [0, 0.1) is 0 Å². The quantitative estimate of drug-likeness (QED) is 0.617. The summed E-state index contributed by atoms with van der Waals surface area (Å²) in [4.78, 5) is 12.1. The van der Waals surface area contributed by atoms with Crippen LogP contribution < -0.4 is 0 Å². The molecule has 19 heavy (non-hydrogen) atoms. The van der Waals surface area contributed by atoms with Crippen molar-refractivity contribution in [1.82, 2.24) is 4.31 Å². The van der Waals surface area contributed by atoms with Gasteiger partial charge in [-0.3, -0.25) is 4.79 Å². The molecule has 0 N–H and O–H groups in total. The van der Waals surface area contributed by atoms with Crippen LogP contribution in [0.3, 0.4) is 0 Å². The van der Waals surface area contributed by atoms with Gasteiger partial charge in [-0.2, -0.15) is 4.31 Å². The molecule has 1 fully saturated rings. The molecule has 1 atom stereocenters. The van der Waals surface area contributed by atoms with E-state index in [0.29, 0.717) is 18.8 Å². The van der Waals surface area contributed by atoms with Crippen LogP contribution in [-0.2, 0) is 14.8 Å². The Morgan fingerprint density at radius 1 is 1.21 bits per heavy atom. The molecule has 0 aliphatic carbocycles. The summed E-state index contributed by atoms with van der Waals surface area (Å²) >= 11 is 5.87. The highest BCUT2D eigenvalue weighted by atomic mass is 35.5. The molecule has 1 aromatic carbocycles. The van der Waals surface area contributed by atoms with E-state index in [1.54, 1.807) is 30.3 Å². The predicted molar refractivity (Wildman–Crippen MR) is 71.7 cm³/mol. The van der Waals surface area contributed by atoms with Crippen LogP contribution in [0.25, 0.3) is 0 Å². The number of ketones is 1. The van der Waals surface area contributed by atoms with Crippen LogP contribution in [0.5, 0.6) is 0 Å². The Balaban J connectivity index is 2.18. The van der Waals surface area contributed by atoms with Crippen LogP contribution >= 0.6 is 11.6 Å². The highest BCUT2D eigenvalue weighted by Gasteiger charge is 2.36. The molecule has 5 nitrogen and oxygen atoms in total. The summed E-state index contributed by atoms with van der Waals surface area (Å²) in [6, 6.07) is 8.17. The minimum absolute atomic E-state index is 0.230. The van der Waals surface area contributed by atoms with Crippen molar-refractivity contribution in [3.8, 4) is 0 Å². The molecular weight excluding hydrogens is 290 g/mol. The summed E-state index contributed by atoms with van der Waals surface area (Å²) in [6.45, 7) is 1.10. The minimum atomic E-state index is -3.84. The van der Waals surface area contributed by atoms with Crippen molar-refractivity contribution in [3.63, 3.8) is 0 Å². The highest BCUT2D eigenvalue weighted by Crippen LogP contribution is 2.19. The molecule has 0 radical (unpaired) electrons. The average molecular weight is 304 g/mol. The lowest BCUT2D eigenvalue weighted by molar-refractivity contribution is 0.0725. The number of rotatable bonds is 4. The van der Waals surface area contributed by atoms with E-state index in [4.69, 9.17) is 16.3 Å². The number of hydrogen-bond donors (Lipinski definition) is 0. The summed E-state index contributed by atoms with van der Waals surface area (Å²) in [6.07, 6.45) is 0. The maximum absolute atomic E-state index is 12.2. The molecule has 104 valence electrons. The lowest BCUT2D eigenvalue weighted by Crippen LogP contribution is -2.45. The van der Waals surface area contributed by atoms with Gasteiger partial charge < -0.3 is 4.74 Å². The Morgan fingerprint density at radius 2 is 1.79 bits per heavy atom. The third kappa shape index (κ3) is 3.14. The molecule has 1 heterocycles. The molecular formula is C12H14ClNO4S. The molecule has 7 heteroatoms. The number of sulfonamides is 1. The van der Waals surface area contributed by atoms with Crippen molar-refractivity contribution in [3.05, 3.63) is 35.9 Å². The topological polar surface area (TPSA) is 63.7 Å². The number of halogens is 1. The zero-order valence-corrected chi connectivity index (χ0v) is 11.7. The Bertz CT molecular complexity index is 540. The van der Waals surface area contributed by atoms with Gasteiger partial charge in [0.1, 0.15) is 0 Å². The first kappa shape index (κ1) is 14.5. The lowest BCUT2D eigenvalue weighted by Gasteiger charge is -2.27. The van der Waals surface area contributed by atoms with Crippen molar-refractivity contribution >= 4 is 27.4 Å². The molecule has 1 saturated heterocycles. The number of carbonyl (C=O) groups excluding carboxylic acids is 1. The Morgan fingerprint density at radius 3 is 2.37 bits per heavy atom. The van der Waals surface area contributed by atoms with E-state index >= 15 is 0 Å². The van der Waals surface area contributed by atoms with Gasteiger partial charge in [0.05, 0.1) is 13.2 Å². The first-order chi connectivity index (χ1) is 9.03. The van der Waals surface area contributed by atoms with Crippen LogP contribution in [0.15, 0.2) is 30.3 Å². The van der Waals surface area contributed by atoms with E-state index in [-0.39, 0.29) is 13.1 Å². The highest BCUT2D eigenvalue weighted by molar-refractivity contribution is 7.91. The SMILES string of the molecule is O=C(c1ccccc1)C(Cl)S(=O)(=O)N1CCOCC1. The van der Waals surface area contributed by atoms with Gasteiger partial charge in [0.25, 0.3) is 0 Å². The first-order valence-electron chi connectivity index (χ1n) is 5.83. The Kier molecular flexibility index (Phi) is 4.57.